The van der Waals surface area contributed by atoms with Gasteiger partial charge < -0.3 is 10.6 Å². The molecule has 1 atom stereocenters. The van der Waals surface area contributed by atoms with Crippen LogP contribution in [0.4, 0.5) is 13.2 Å². The molecule has 2 N–H and O–H groups in total. The van der Waals surface area contributed by atoms with Crippen molar-refractivity contribution in [2.75, 3.05) is 18.1 Å². The van der Waals surface area contributed by atoms with Gasteiger partial charge in [-0.3, -0.25) is 9.59 Å². The minimum atomic E-state index is -4.39. The summed E-state index contributed by atoms with van der Waals surface area (Å²) in [5.41, 5.74) is -0.130. The number of amides is 2. The monoisotopic (exact) mass is 406 g/mol. The van der Waals surface area contributed by atoms with Gasteiger partial charge in [-0.15, -0.1) is 0 Å². The minimum Gasteiger partial charge on any atom is -0.356 e. The largest absolute Gasteiger partial charge is 0.416 e. The van der Waals surface area contributed by atoms with E-state index in [-0.39, 0.29) is 55.2 Å². The van der Waals surface area contributed by atoms with E-state index in [0.717, 1.165) is 12.1 Å². The van der Waals surface area contributed by atoms with Crippen molar-refractivity contribution in [2.24, 2.45) is 0 Å². The van der Waals surface area contributed by atoms with E-state index in [1.807, 2.05) is 0 Å². The number of rotatable bonds is 7. The fourth-order valence-corrected chi connectivity index (χ4v) is 4.40. The molecule has 0 radical (unpaired) electrons. The molecule has 1 unspecified atom stereocenters. The van der Waals surface area contributed by atoms with Crippen molar-refractivity contribution in [1.82, 2.24) is 10.6 Å². The number of carbonyl (C=O) groups excluding carboxylic acids is 2. The zero-order valence-corrected chi connectivity index (χ0v) is 15.3. The van der Waals surface area contributed by atoms with Gasteiger partial charge in [-0.2, -0.15) is 13.2 Å². The van der Waals surface area contributed by atoms with E-state index >= 15 is 0 Å². The number of aryl methyl sites for hydroxylation is 1. The van der Waals surface area contributed by atoms with Gasteiger partial charge in [-0.25, -0.2) is 8.42 Å². The first-order valence-electron chi connectivity index (χ1n) is 8.48. The summed E-state index contributed by atoms with van der Waals surface area (Å²) in [7, 11) is -3.07. The van der Waals surface area contributed by atoms with E-state index in [4.69, 9.17) is 0 Å². The number of hydrogen-bond acceptors (Lipinski definition) is 4. The van der Waals surface area contributed by atoms with E-state index in [9.17, 15) is 31.2 Å². The molecule has 2 rings (SSSR count). The lowest BCUT2D eigenvalue weighted by molar-refractivity contribution is -0.137. The van der Waals surface area contributed by atoms with Gasteiger partial charge in [0.05, 0.1) is 17.1 Å². The number of carbonyl (C=O) groups is 2. The second-order valence-electron chi connectivity index (χ2n) is 6.46. The Balaban J connectivity index is 1.64. The molecule has 0 spiro atoms. The summed E-state index contributed by atoms with van der Waals surface area (Å²) in [6.45, 7) is 0.108. The Morgan fingerprint density at radius 2 is 1.74 bits per heavy atom. The van der Waals surface area contributed by atoms with Gasteiger partial charge in [-0.05, 0) is 30.5 Å². The van der Waals surface area contributed by atoms with E-state index in [0.29, 0.717) is 12.0 Å². The van der Waals surface area contributed by atoms with Crippen LogP contribution in [0.25, 0.3) is 0 Å². The average Bonchev–Trinajstić information content (AvgIpc) is 2.91. The number of hydrogen-bond donors (Lipinski definition) is 2. The molecule has 1 aliphatic heterocycles. The second kappa shape index (κ2) is 8.73. The van der Waals surface area contributed by atoms with E-state index in [2.05, 4.69) is 10.6 Å². The summed E-state index contributed by atoms with van der Waals surface area (Å²) in [4.78, 5) is 23.5. The summed E-state index contributed by atoms with van der Waals surface area (Å²) in [6, 6.07) is 4.23. The fraction of sp³-hybridized carbons (Fsp3) is 0.529. The zero-order valence-electron chi connectivity index (χ0n) is 14.5. The molecular formula is C17H21F3N2O4S. The zero-order chi connectivity index (χ0) is 20.1. The van der Waals surface area contributed by atoms with Crippen LogP contribution in [0.1, 0.15) is 30.4 Å². The average molecular weight is 406 g/mol. The van der Waals surface area contributed by atoms with Crippen molar-refractivity contribution >= 4 is 21.7 Å². The number of alkyl halides is 3. The fourth-order valence-electron chi connectivity index (χ4n) is 2.73. The SMILES string of the molecule is O=C(CCc1ccc(C(F)(F)F)cc1)NCCC(=O)NC1CCS(=O)(=O)C1. The lowest BCUT2D eigenvalue weighted by Gasteiger charge is -2.11. The molecule has 0 bridgehead atoms. The van der Waals surface area contributed by atoms with Gasteiger partial charge in [0.1, 0.15) is 0 Å². The lowest BCUT2D eigenvalue weighted by atomic mass is 10.1. The van der Waals surface area contributed by atoms with Crippen LogP contribution in [0.2, 0.25) is 0 Å². The van der Waals surface area contributed by atoms with Crippen LogP contribution in [0.15, 0.2) is 24.3 Å². The van der Waals surface area contributed by atoms with Gasteiger partial charge in [0, 0.05) is 25.4 Å². The number of sulfone groups is 1. The third kappa shape index (κ3) is 7.20. The van der Waals surface area contributed by atoms with Gasteiger partial charge in [-0.1, -0.05) is 12.1 Å². The number of nitrogens with one attached hydrogen (secondary N) is 2. The highest BCUT2D eigenvalue weighted by Crippen LogP contribution is 2.29. The van der Waals surface area contributed by atoms with Crippen LogP contribution >= 0.6 is 0 Å². The Kier molecular flexibility index (Phi) is 6.85. The molecule has 1 heterocycles. The van der Waals surface area contributed by atoms with Crippen LogP contribution < -0.4 is 10.6 Å². The van der Waals surface area contributed by atoms with Gasteiger partial charge in [0.15, 0.2) is 9.84 Å². The van der Waals surface area contributed by atoms with Crippen molar-refractivity contribution < 1.29 is 31.2 Å². The maximum Gasteiger partial charge on any atom is 0.416 e. The summed E-state index contributed by atoms with van der Waals surface area (Å²) in [5.74, 6) is -0.636. The molecule has 1 aromatic carbocycles. The molecule has 10 heteroatoms. The maximum absolute atomic E-state index is 12.5. The highest BCUT2D eigenvalue weighted by atomic mass is 32.2. The van der Waals surface area contributed by atoms with E-state index < -0.39 is 21.6 Å². The van der Waals surface area contributed by atoms with Crippen LogP contribution in [-0.2, 0) is 32.0 Å². The molecule has 150 valence electrons. The first-order valence-corrected chi connectivity index (χ1v) is 10.3. The van der Waals surface area contributed by atoms with Crippen molar-refractivity contribution in [3.63, 3.8) is 0 Å². The summed E-state index contributed by atoms with van der Waals surface area (Å²) < 4.78 is 60.1. The van der Waals surface area contributed by atoms with Gasteiger partial charge >= 0.3 is 6.18 Å². The molecular weight excluding hydrogens is 385 g/mol. The minimum absolute atomic E-state index is 0.0303. The smallest absolute Gasteiger partial charge is 0.356 e. The molecule has 27 heavy (non-hydrogen) atoms. The Bertz CT molecular complexity index is 776. The van der Waals surface area contributed by atoms with Crippen LogP contribution in [-0.4, -0.2) is 44.3 Å². The highest BCUT2D eigenvalue weighted by Gasteiger charge is 2.30. The topological polar surface area (TPSA) is 92.3 Å². The standard InChI is InChI=1S/C17H21F3N2O4S/c18-17(19,20)13-4-1-12(2-5-13)3-6-15(23)21-9-7-16(24)22-14-8-10-27(25,26)11-14/h1-2,4-5,14H,3,6-11H2,(H,21,23)(H,22,24). The number of benzene rings is 1. The van der Waals surface area contributed by atoms with Gasteiger partial charge in [0.25, 0.3) is 0 Å². The highest BCUT2D eigenvalue weighted by molar-refractivity contribution is 7.91. The first kappa shape index (κ1) is 21.2. The van der Waals surface area contributed by atoms with Crippen molar-refractivity contribution in [3.8, 4) is 0 Å². The molecule has 1 aliphatic rings. The summed E-state index contributed by atoms with van der Waals surface area (Å²) >= 11 is 0. The predicted molar refractivity (Wildman–Crippen MR) is 92.6 cm³/mol. The third-order valence-corrected chi connectivity index (χ3v) is 5.96. The lowest BCUT2D eigenvalue weighted by Crippen LogP contribution is -2.37. The quantitative estimate of drug-likeness (QED) is 0.717. The molecule has 1 aromatic rings. The predicted octanol–water partition coefficient (Wildman–Crippen LogP) is 1.45. The number of halogens is 3. The van der Waals surface area contributed by atoms with Crippen molar-refractivity contribution in [2.45, 2.75) is 37.9 Å². The van der Waals surface area contributed by atoms with Crippen LogP contribution in [0, 0.1) is 0 Å². The summed E-state index contributed by atoms with van der Waals surface area (Å²) in [5, 5.41) is 5.18. The van der Waals surface area contributed by atoms with Crippen molar-refractivity contribution in [3.05, 3.63) is 35.4 Å². The Hall–Kier alpha value is -2.10. The third-order valence-electron chi connectivity index (χ3n) is 4.19. The Morgan fingerprint density at radius 3 is 2.30 bits per heavy atom. The molecule has 1 fully saturated rings. The van der Waals surface area contributed by atoms with Crippen molar-refractivity contribution in [1.29, 1.82) is 0 Å². The van der Waals surface area contributed by atoms with Gasteiger partial charge in [0.2, 0.25) is 11.8 Å². The molecule has 0 aliphatic carbocycles. The molecule has 0 aromatic heterocycles. The van der Waals surface area contributed by atoms with E-state index in [1.165, 1.54) is 12.1 Å². The molecule has 1 saturated heterocycles. The Labute approximate surface area is 155 Å². The molecule has 0 saturated carbocycles. The first-order chi connectivity index (χ1) is 12.5. The van der Waals surface area contributed by atoms with E-state index in [1.54, 1.807) is 0 Å². The molecule has 2 amide bonds. The summed E-state index contributed by atoms with van der Waals surface area (Å²) in [6.07, 6.45) is -3.58. The van der Waals surface area contributed by atoms with Crippen LogP contribution in [0.5, 0.6) is 0 Å². The normalized spacial score (nSPS) is 18.9. The molecule has 6 nitrogen and oxygen atoms in total. The van der Waals surface area contributed by atoms with Crippen LogP contribution in [0.3, 0.4) is 0 Å². The second-order valence-corrected chi connectivity index (χ2v) is 8.69. The maximum atomic E-state index is 12.5. The Morgan fingerprint density at radius 1 is 1.07 bits per heavy atom.